The molecule has 0 N–H and O–H groups in total. The second kappa shape index (κ2) is 10.5. The molecule has 0 atom stereocenters. The van der Waals surface area contributed by atoms with Crippen molar-refractivity contribution in [2.75, 3.05) is 7.11 Å². The summed E-state index contributed by atoms with van der Waals surface area (Å²) < 4.78 is 10.6. The van der Waals surface area contributed by atoms with Crippen LogP contribution in [0.2, 0.25) is 0 Å². The lowest BCUT2D eigenvalue weighted by atomic mass is 10.1. The summed E-state index contributed by atoms with van der Waals surface area (Å²) >= 11 is 3.73. The smallest absolute Gasteiger partial charge is 0.337 e. The number of esters is 1. The second-order valence-corrected chi connectivity index (χ2v) is 10.6. The lowest BCUT2D eigenvalue weighted by Crippen LogP contribution is -2.08. The van der Waals surface area contributed by atoms with Crippen LogP contribution in [-0.2, 0) is 17.8 Å². The van der Waals surface area contributed by atoms with Crippen LogP contribution >= 0.6 is 15.9 Å². The highest BCUT2D eigenvalue weighted by Gasteiger charge is 2.22. The first-order chi connectivity index (χ1) is 17.9. The zero-order valence-electron chi connectivity index (χ0n) is 21.7. The number of rotatable bonds is 8. The number of halogens is 1. The van der Waals surface area contributed by atoms with Crippen LogP contribution in [0.5, 0.6) is 0 Å². The van der Waals surface area contributed by atoms with Gasteiger partial charge in [-0.25, -0.2) is 14.8 Å². The van der Waals surface area contributed by atoms with Crippen LogP contribution in [-0.4, -0.2) is 32.2 Å². The molecule has 2 heterocycles. The zero-order valence-corrected chi connectivity index (χ0v) is 23.2. The predicted octanol–water partition coefficient (Wildman–Crippen LogP) is 7.73. The van der Waals surface area contributed by atoms with Gasteiger partial charge in [-0.05, 0) is 48.7 Å². The minimum Gasteiger partial charge on any atom is -0.465 e. The number of fused-ring (bicyclic) bond motifs is 2. The quantitative estimate of drug-likeness (QED) is 0.183. The molecule has 2 aromatic heterocycles. The lowest BCUT2D eigenvalue weighted by molar-refractivity contribution is 0.0601. The molecule has 0 aliphatic rings. The van der Waals surface area contributed by atoms with Crippen molar-refractivity contribution in [2.45, 2.75) is 46.7 Å². The third kappa shape index (κ3) is 4.68. The van der Waals surface area contributed by atoms with E-state index in [0.29, 0.717) is 11.5 Å². The van der Waals surface area contributed by atoms with Gasteiger partial charge in [0.15, 0.2) is 0 Å². The van der Waals surface area contributed by atoms with Gasteiger partial charge >= 0.3 is 5.97 Å². The molecule has 0 saturated carbocycles. The minimum atomic E-state index is -0.361. The van der Waals surface area contributed by atoms with Crippen LogP contribution in [0.25, 0.3) is 44.8 Å². The van der Waals surface area contributed by atoms with Crippen molar-refractivity contribution in [3.63, 3.8) is 0 Å². The number of hydrogen-bond acceptors (Lipinski definition) is 4. The van der Waals surface area contributed by atoms with Gasteiger partial charge in [-0.1, -0.05) is 67.4 Å². The van der Waals surface area contributed by atoms with Crippen molar-refractivity contribution in [1.29, 1.82) is 0 Å². The molecule has 190 valence electrons. The molecule has 0 aliphatic carbocycles. The van der Waals surface area contributed by atoms with Gasteiger partial charge in [0.1, 0.15) is 11.6 Å². The summed E-state index contributed by atoms with van der Waals surface area (Å²) in [4.78, 5) is 22.4. The van der Waals surface area contributed by atoms with Crippen molar-refractivity contribution in [1.82, 2.24) is 19.1 Å². The third-order valence-corrected chi connectivity index (χ3v) is 7.27. The van der Waals surface area contributed by atoms with Crippen LogP contribution in [0.1, 0.15) is 44.0 Å². The van der Waals surface area contributed by atoms with Crippen LogP contribution in [0.15, 0.2) is 65.1 Å². The average molecular weight is 560 g/mol. The number of nitrogens with zero attached hydrogens (tertiary/aromatic N) is 4. The molecule has 0 radical (unpaired) electrons. The van der Waals surface area contributed by atoms with E-state index in [0.717, 1.165) is 75.2 Å². The van der Waals surface area contributed by atoms with Crippen LogP contribution in [0, 0.1) is 5.92 Å². The largest absolute Gasteiger partial charge is 0.465 e. The maximum absolute atomic E-state index is 12.2. The molecule has 0 unspecified atom stereocenters. The number of para-hydroxylation sites is 1. The molecule has 7 heteroatoms. The number of ether oxygens (including phenoxy) is 1. The molecule has 0 spiro atoms. The van der Waals surface area contributed by atoms with E-state index < -0.39 is 0 Å². The minimum absolute atomic E-state index is 0.361. The summed E-state index contributed by atoms with van der Waals surface area (Å²) in [5.41, 5.74) is 6.40. The van der Waals surface area contributed by atoms with Crippen molar-refractivity contribution in [2.24, 2.45) is 5.92 Å². The highest BCUT2D eigenvalue weighted by atomic mass is 79.9. The van der Waals surface area contributed by atoms with Crippen LogP contribution < -0.4 is 0 Å². The first-order valence-corrected chi connectivity index (χ1v) is 13.5. The van der Waals surface area contributed by atoms with Gasteiger partial charge in [0.25, 0.3) is 0 Å². The second-order valence-electron chi connectivity index (χ2n) is 9.73. The Morgan fingerprint density at radius 2 is 1.68 bits per heavy atom. The van der Waals surface area contributed by atoms with Crippen molar-refractivity contribution < 1.29 is 9.53 Å². The van der Waals surface area contributed by atoms with E-state index in [2.05, 4.69) is 76.2 Å². The Kier molecular flexibility index (Phi) is 7.15. The van der Waals surface area contributed by atoms with Gasteiger partial charge in [0.05, 0.1) is 34.7 Å². The molecule has 0 amide bonds. The highest BCUT2D eigenvalue weighted by Crippen LogP contribution is 2.36. The standard InChI is InChI=1S/C30H31BrN4O2/c1-5-6-16-34-27-22(11-9-13-24(27)32-28(34)21-10-7-8-12-23(21)31)29-33-25-17-20(30(36)37-4)14-15-26(25)35(29)18-19(2)3/h7-15,17,19H,5-6,16,18H2,1-4H3. The van der Waals surface area contributed by atoms with Crippen LogP contribution in [0.4, 0.5) is 0 Å². The van der Waals surface area contributed by atoms with E-state index in [4.69, 9.17) is 14.7 Å². The molecule has 5 aromatic rings. The molecular formula is C30H31BrN4O2. The Balaban J connectivity index is 1.80. The van der Waals surface area contributed by atoms with Crippen molar-refractivity contribution >= 4 is 44.0 Å². The number of methoxy groups -OCH3 is 1. The zero-order chi connectivity index (χ0) is 26.1. The van der Waals surface area contributed by atoms with Gasteiger partial charge in [-0.2, -0.15) is 0 Å². The Morgan fingerprint density at radius 3 is 2.41 bits per heavy atom. The summed E-state index contributed by atoms with van der Waals surface area (Å²) in [6.07, 6.45) is 2.13. The number of benzene rings is 3. The summed E-state index contributed by atoms with van der Waals surface area (Å²) in [6, 6.07) is 20.1. The summed E-state index contributed by atoms with van der Waals surface area (Å²) in [7, 11) is 1.40. The number of aryl methyl sites for hydroxylation is 1. The maximum Gasteiger partial charge on any atom is 0.337 e. The first-order valence-electron chi connectivity index (χ1n) is 12.8. The Labute approximate surface area is 225 Å². The summed E-state index contributed by atoms with van der Waals surface area (Å²) in [6.45, 7) is 8.28. The molecule has 0 saturated heterocycles. The summed E-state index contributed by atoms with van der Waals surface area (Å²) in [5, 5.41) is 0. The van der Waals surface area contributed by atoms with E-state index in [-0.39, 0.29) is 5.97 Å². The van der Waals surface area contributed by atoms with E-state index in [1.807, 2.05) is 30.3 Å². The van der Waals surface area contributed by atoms with E-state index in [1.165, 1.54) is 7.11 Å². The Hall–Kier alpha value is -3.45. The molecule has 5 rings (SSSR count). The van der Waals surface area contributed by atoms with E-state index in [9.17, 15) is 4.79 Å². The molecule has 0 fully saturated rings. The number of imidazole rings is 2. The van der Waals surface area contributed by atoms with Gasteiger partial charge in [-0.15, -0.1) is 0 Å². The van der Waals surface area contributed by atoms with Gasteiger partial charge in [-0.3, -0.25) is 0 Å². The van der Waals surface area contributed by atoms with Crippen molar-refractivity contribution in [3.8, 4) is 22.8 Å². The Morgan fingerprint density at radius 1 is 0.946 bits per heavy atom. The predicted molar refractivity (Wildman–Crippen MR) is 153 cm³/mol. The maximum atomic E-state index is 12.2. The number of unbranched alkanes of at least 4 members (excludes halogenated alkanes) is 1. The number of hydrogen-bond donors (Lipinski definition) is 0. The van der Waals surface area contributed by atoms with E-state index in [1.54, 1.807) is 0 Å². The number of aromatic nitrogens is 4. The fourth-order valence-electron chi connectivity index (χ4n) is 4.88. The van der Waals surface area contributed by atoms with Gasteiger partial charge < -0.3 is 13.9 Å². The number of carbonyl (C=O) groups is 1. The SMILES string of the molecule is CCCCn1c(-c2ccccc2Br)nc2cccc(-c3nc4cc(C(=O)OC)ccc4n3CC(C)C)c21. The normalized spacial score (nSPS) is 11.6. The van der Waals surface area contributed by atoms with Gasteiger partial charge in [0.2, 0.25) is 0 Å². The molecular weight excluding hydrogens is 528 g/mol. The third-order valence-electron chi connectivity index (χ3n) is 6.57. The number of carbonyl (C=O) groups excluding carboxylic acids is 1. The molecule has 3 aromatic carbocycles. The molecule has 0 bridgehead atoms. The average Bonchev–Trinajstić information content (AvgIpc) is 3.44. The van der Waals surface area contributed by atoms with Gasteiger partial charge in [0, 0.05) is 28.7 Å². The fraction of sp³-hybridized carbons (Fsp3) is 0.300. The van der Waals surface area contributed by atoms with Crippen LogP contribution in [0.3, 0.4) is 0 Å². The fourth-order valence-corrected chi connectivity index (χ4v) is 5.34. The first kappa shape index (κ1) is 25.2. The van der Waals surface area contributed by atoms with Crippen molar-refractivity contribution in [3.05, 3.63) is 70.7 Å². The summed E-state index contributed by atoms with van der Waals surface area (Å²) in [5.74, 6) is 1.88. The topological polar surface area (TPSA) is 61.9 Å². The van der Waals surface area contributed by atoms with E-state index >= 15 is 0 Å². The molecule has 37 heavy (non-hydrogen) atoms. The molecule has 6 nitrogen and oxygen atoms in total. The molecule has 0 aliphatic heterocycles. The highest BCUT2D eigenvalue weighted by molar-refractivity contribution is 9.10. The monoisotopic (exact) mass is 558 g/mol. The Bertz CT molecular complexity index is 1600. The lowest BCUT2D eigenvalue weighted by Gasteiger charge is -2.15.